The number of rotatable bonds is 0. The van der Waals surface area contributed by atoms with Gasteiger partial charge < -0.3 is 18.9 Å². The molecule has 14 heavy (non-hydrogen) atoms. The summed E-state index contributed by atoms with van der Waals surface area (Å²) < 4.78 is 21.4. The van der Waals surface area contributed by atoms with Crippen LogP contribution in [0.4, 0.5) is 0 Å². The Bertz CT molecular complexity index is 65.4. The zero-order valence-corrected chi connectivity index (χ0v) is 8.70. The highest BCUT2D eigenvalue weighted by Crippen LogP contribution is 1.90. The van der Waals surface area contributed by atoms with Crippen LogP contribution in [0.5, 0.6) is 0 Å². The van der Waals surface area contributed by atoms with Crippen molar-refractivity contribution in [3.8, 4) is 0 Å². The maximum atomic E-state index is 5.34. The second kappa shape index (κ2) is 9.40. The average molecular weight is 204 g/mol. The Morgan fingerprint density at radius 2 is 0.643 bits per heavy atom. The van der Waals surface area contributed by atoms with Gasteiger partial charge in [0.1, 0.15) is 0 Å². The third kappa shape index (κ3) is 7.26. The topological polar surface area (TPSA) is 36.9 Å². The van der Waals surface area contributed by atoms with Crippen molar-refractivity contribution in [2.24, 2.45) is 0 Å². The third-order valence-corrected chi connectivity index (χ3v) is 1.90. The van der Waals surface area contributed by atoms with Crippen LogP contribution in [-0.4, -0.2) is 52.9 Å². The van der Waals surface area contributed by atoms with E-state index < -0.39 is 0 Å². The summed E-state index contributed by atoms with van der Waals surface area (Å²) in [6.45, 7) is 5.74. The van der Waals surface area contributed by atoms with E-state index in [1.54, 1.807) is 0 Å². The van der Waals surface area contributed by atoms with Crippen molar-refractivity contribution in [2.45, 2.75) is 12.8 Å². The predicted octanol–water partition coefficient (Wildman–Crippen LogP) is 0.847. The van der Waals surface area contributed by atoms with Gasteiger partial charge in [-0.25, -0.2) is 0 Å². The number of hydrogen-bond donors (Lipinski definition) is 0. The quantitative estimate of drug-likeness (QED) is 0.586. The fourth-order valence-electron chi connectivity index (χ4n) is 1.17. The summed E-state index contributed by atoms with van der Waals surface area (Å²) >= 11 is 0. The maximum absolute atomic E-state index is 5.34. The third-order valence-electron chi connectivity index (χ3n) is 1.90. The second-order valence-corrected chi connectivity index (χ2v) is 3.16. The lowest BCUT2D eigenvalue weighted by atomic mass is 10.5. The molecule has 0 aromatic carbocycles. The largest absolute Gasteiger partial charge is 0.379 e. The van der Waals surface area contributed by atoms with Gasteiger partial charge in [0.15, 0.2) is 0 Å². The molecular weight excluding hydrogens is 184 g/mol. The van der Waals surface area contributed by atoms with E-state index in [9.17, 15) is 0 Å². The Morgan fingerprint density at radius 3 is 0.929 bits per heavy atom. The zero-order valence-electron chi connectivity index (χ0n) is 8.70. The van der Waals surface area contributed by atoms with Crippen molar-refractivity contribution in [1.82, 2.24) is 0 Å². The van der Waals surface area contributed by atoms with Crippen LogP contribution in [0.25, 0.3) is 0 Å². The lowest BCUT2D eigenvalue weighted by molar-refractivity contribution is 0.00240. The van der Waals surface area contributed by atoms with Crippen molar-refractivity contribution in [3.63, 3.8) is 0 Å². The van der Waals surface area contributed by atoms with Crippen LogP contribution in [0.2, 0.25) is 0 Å². The summed E-state index contributed by atoms with van der Waals surface area (Å²) in [6.07, 6.45) is 1.89. The first-order chi connectivity index (χ1) is 7.00. The second-order valence-electron chi connectivity index (χ2n) is 3.16. The molecular formula is C10H20O4. The highest BCUT2D eigenvalue weighted by molar-refractivity contribution is 4.40. The molecule has 0 aliphatic carbocycles. The molecule has 84 valence electrons. The molecule has 0 spiro atoms. The highest BCUT2D eigenvalue weighted by Gasteiger charge is 1.95. The standard InChI is InChI=1S/C10H20O4/c1-3-11-7-9-13-5-2-6-14-10-8-12-4-1/h1-10H2. The molecule has 4 nitrogen and oxygen atoms in total. The van der Waals surface area contributed by atoms with Crippen molar-refractivity contribution in [1.29, 1.82) is 0 Å². The molecule has 4 heteroatoms. The van der Waals surface area contributed by atoms with E-state index in [0.29, 0.717) is 26.4 Å². The SMILES string of the molecule is C1COCCOCCCOCCOC1. The molecule has 0 aromatic rings. The normalized spacial score (nSPS) is 24.0. The lowest BCUT2D eigenvalue weighted by Crippen LogP contribution is -2.12. The maximum Gasteiger partial charge on any atom is 0.0700 e. The molecule has 1 rings (SSSR count). The summed E-state index contributed by atoms with van der Waals surface area (Å²) in [5, 5.41) is 0. The minimum absolute atomic E-state index is 0.681. The highest BCUT2D eigenvalue weighted by atomic mass is 16.5. The molecule has 0 amide bonds. The van der Waals surface area contributed by atoms with Crippen LogP contribution in [0.3, 0.4) is 0 Å². The molecule has 1 heterocycles. The summed E-state index contributed by atoms with van der Waals surface area (Å²) in [4.78, 5) is 0. The first kappa shape index (κ1) is 11.9. The Labute approximate surface area is 85.5 Å². The first-order valence-corrected chi connectivity index (χ1v) is 5.31. The van der Waals surface area contributed by atoms with E-state index in [1.165, 1.54) is 0 Å². The Kier molecular flexibility index (Phi) is 8.00. The summed E-state index contributed by atoms with van der Waals surface area (Å²) in [5.74, 6) is 0. The Morgan fingerprint density at radius 1 is 0.357 bits per heavy atom. The van der Waals surface area contributed by atoms with Gasteiger partial charge in [-0.2, -0.15) is 0 Å². The van der Waals surface area contributed by atoms with Gasteiger partial charge in [0.05, 0.1) is 26.4 Å². The monoisotopic (exact) mass is 204 g/mol. The lowest BCUT2D eigenvalue weighted by Gasteiger charge is -2.09. The summed E-state index contributed by atoms with van der Waals surface area (Å²) in [7, 11) is 0. The van der Waals surface area contributed by atoms with Gasteiger partial charge in [0.2, 0.25) is 0 Å². The summed E-state index contributed by atoms with van der Waals surface area (Å²) in [5.41, 5.74) is 0. The van der Waals surface area contributed by atoms with Crippen LogP contribution < -0.4 is 0 Å². The zero-order chi connectivity index (χ0) is 9.90. The number of ether oxygens (including phenoxy) is 4. The molecule has 0 N–H and O–H groups in total. The van der Waals surface area contributed by atoms with Gasteiger partial charge in [-0.15, -0.1) is 0 Å². The minimum atomic E-state index is 0.681. The van der Waals surface area contributed by atoms with Crippen molar-refractivity contribution in [3.05, 3.63) is 0 Å². The molecule has 0 saturated carbocycles. The molecule has 0 unspecified atom stereocenters. The van der Waals surface area contributed by atoms with E-state index in [0.717, 1.165) is 39.3 Å². The minimum Gasteiger partial charge on any atom is -0.379 e. The van der Waals surface area contributed by atoms with Crippen LogP contribution in [-0.2, 0) is 18.9 Å². The van der Waals surface area contributed by atoms with E-state index in [4.69, 9.17) is 18.9 Å². The summed E-state index contributed by atoms with van der Waals surface area (Å²) in [6, 6.07) is 0. The van der Waals surface area contributed by atoms with Crippen molar-refractivity contribution < 1.29 is 18.9 Å². The van der Waals surface area contributed by atoms with Crippen LogP contribution in [0.1, 0.15) is 12.8 Å². The smallest absolute Gasteiger partial charge is 0.0700 e. The first-order valence-electron chi connectivity index (χ1n) is 5.31. The molecule has 0 aromatic heterocycles. The molecule has 1 fully saturated rings. The predicted molar refractivity (Wildman–Crippen MR) is 52.5 cm³/mol. The Balaban J connectivity index is 2.00. The number of hydrogen-bond acceptors (Lipinski definition) is 4. The molecule has 0 radical (unpaired) electrons. The van der Waals surface area contributed by atoms with Gasteiger partial charge in [0.25, 0.3) is 0 Å². The fraction of sp³-hybridized carbons (Fsp3) is 1.00. The molecule has 0 bridgehead atoms. The van der Waals surface area contributed by atoms with Gasteiger partial charge in [-0.3, -0.25) is 0 Å². The van der Waals surface area contributed by atoms with Crippen molar-refractivity contribution >= 4 is 0 Å². The van der Waals surface area contributed by atoms with Crippen LogP contribution in [0, 0.1) is 0 Å². The fourth-order valence-corrected chi connectivity index (χ4v) is 1.17. The van der Waals surface area contributed by atoms with Gasteiger partial charge in [-0.1, -0.05) is 0 Å². The molecule has 1 aliphatic rings. The van der Waals surface area contributed by atoms with Crippen LogP contribution >= 0.6 is 0 Å². The molecule has 0 atom stereocenters. The van der Waals surface area contributed by atoms with Gasteiger partial charge in [-0.05, 0) is 12.8 Å². The van der Waals surface area contributed by atoms with E-state index in [2.05, 4.69) is 0 Å². The molecule has 1 saturated heterocycles. The van der Waals surface area contributed by atoms with E-state index >= 15 is 0 Å². The van der Waals surface area contributed by atoms with Gasteiger partial charge >= 0.3 is 0 Å². The molecule has 1 aliphatic heterocycles. The van der Waals surface area contributed by atoms with E-state index in [-0.39, 0.29) is 0 Å². The van der Waals surface area contributed by atoms with Gasteiger partial charge in [0, 0.05) is 26.4 Å². The van der Waals surface area contributed by atoms with E-state index in [1.807, 2.05) is 0 Å². The Hall–Kier alpha value is -0.160. The average Bonchev–Trinajstić information content (AvgIpc) is 2.22. The van der Waals surface area contributed by atoms with Crippen LogP contribution in [0.15, 0.2) is 0 Å². The van der Waals surface area contributed by atoms with Crippen molar-refractivity contribution in [2.75, 3.05) is 52.9 Å².